The number of nitrogens with zero attached hydrogens (tertiary/aromatic N) is 4. The lowest BCUT2D eigenvalue weighted by Crippen LogP contribution is -2.25. The van der Waals surface area contributed by atoms with Gasteiger partial charge < -0.3 is 14.8 Å². The number of hydrogen-bond donors (Lipinski definition) is 1. The molecule has 0 fully saturated rings. The van der Waals surface area contributed by atoms with Crippen LogP contribution in [0.4, 0.5) is 5.82 Å². The summed E-state index contributed by atoms with van der Waals surface area (Å²) in [4.78, 5) is 20.9. The van der Waals surface area contributed by atoms with Crippen molar-refractivity contribution in [3.63, 3.8) is 0 Å². The van der Waals surface area contributed by atoms with E-state index in [1.165, 1.54) is 0 Å². The minimum absolute atomic E-state index is 0.0720. The first-order valence-corrected chi connectivity index (χ1v) is 8.27. The number of aryl methyl sites for hydroxylation is 1. The summed E-state index contributed by atoms with van der Waals surface area (Å²) in [6.07, 6.45) is 3.63. The van der Waals surface area contributed by atoms with Crippen LogP contribution in [0, 0.1) is 6.92 Å². The number of nitrogens with one attached hydrogen (secondary N) is 1. The highest BCUT2D eigenvalue weighted by atomic mass is 16.7. The van der Waals surface area contributed by atoms with Gasteiger partial charge in [0.2, 0.25) is 12.7 Å². The summed E-state index contributed by atoms with van der Waals surface area (Å²) in [6, 6.07) is 7.52. The van der Waals surface area contributed by atoms with Crippen LogP contribution >= 0.6 is 0 Å². The Labute approximate surface area is 148 Å². The molecule has 0 unspecified atom stereocenters. The number of ether oxygens (including phenoxy) is 2. The molecule has 8 nitrogen and oxygen atoms in total. The number of hydrogen-bond acceptors (Lipinski definition) is 6. The van der Waals surface area contributed by atoms with Crippen LogP contribution in [0.5, 0.6) is 11.5 Å². The maximum Gasteiger partial charge on any atom is 0.252 e. The first-order valence-electron chi connectivity index (χ1n) is 8.27. The average Bonchev–Trinajstić information content (AvgIpc) is 3.25. The molecule has 5 rings (SSSR count). The highest BCUT2D eigenvalue weighted by Gasteiger charge is 2.33. The summed E-state index contributed by atoms with van der Waals surface area (Å²) in [5.74, 6) is 2.27. The molecule has 0 saturated heterocycles. The van der Waals surface area contributed by atoms with Gasteiger partial charge in [-0.1, -0.05) is 6.07 Å². The van der Waals surface area contributed by atoms with Crippen LogP contribution in [0.1, 0.15) is 29.2 Å². The largest absolute Gasteiger partial charge is 0.454 e. The Bertz CT molecular complexity index is 1020. The summed E-state index contributed by atoms with van der Waals surface area (Å²) in [5, 5.41) is 7.49. The van der Waals surface area contributed by atoms with Crippen LogP contribution in [0.25, 0.3) is 5.95 Å². The molecular weight excluding hydrogens is 334 g/mol. The van der Waals surface area contributed by atoms with Crippen LogP contribution in [0.15, 0.2) is 36.7 Å². The molecule has 1 amide bonds. The van der Waals surface area contributed by atoms with Crippen LogP contribution in [-0.4, -0.2) is 32.4 Å². The zero-order valence-electron chi connectivity index (χ0n) is 14.0. The Morgan fingerprint density at radius 3 is 2.85 bits per heavy atom. The SMILES string of the molecule is Cc1nn(-c2ncccn2)c2c1[C@H](c1ccc3c(c1)OCO3)CC(=O)N2. The molecule has 2 aliphatic heterocycles. The number of carbonyl (C=O) groups excluding carboxylic acids is 1. The molecule has 1 N–H and O–H groups in total. The number of rotatable bonds is 2. The van der Waals surface area contributed by atoms with E-state index < -0.39 is 0 Å². The lowest BCUT2D eigenvalue weighted by molar-refractivity contribution is -0.116. The van der Waals surface area contributed by atoms with Crippen molar-refractivity contribution in [1.82, 2.24) is 19.7 Å². The van der Waals surface area contributed by atoms with Gasteiger partial charge in [0.15, 0.2) is 11.5 Å². The predicted octanol–water partition coefficient (Wildman–Crippen LogP) is 2.17. The number of amides is 1. The average molecular weight is 349 g/mol. The molecule has 130 valence electrons. The number of anilines is 1. The molecular formula is C18H15N5O3. The van der Waals surface area contributed by atoms with Crippen LogP contribution in [0.3, 0.4) is 0 Å². The van der Waals surface area contributed by atoms with Crippen molar-refractivity contribution < 1.29 is 14.3 Å². The van der Waals surface area contributed by atoms with Gasteiger partial charge in [0.05, 0.1) is 5.69 Å². The van der Waals surface area contributed by atoms with E-state index in [0.29, 0.717) is 23.9 Å². The van der Waals surface area contributed by atoms with Gasteiger partial charge in [0.25, 0.3) is 5.95 Å². The molecule has 0 aliphatic carbocycles. The monoisotopic (exact) mass is 349 g/mol. The molecule has 0 spiro atoms. The second-order valence-electron chi connectivity index (χ2n) is 6.23. The highest BCUT2D eigenvalue weighted by Crippen LogP contribution is 2.43. The minimum Gasteiger partial charge on any atom is -0.454 e. The van der Waals surface area contributed by atoms with E-state index in [0.717, 1.165) is 22.6 Å². The summed E-state index contributed by atoms with van der Waals surface area (Å²) < 4.78 is 12.5. The summed E-state index contributed by atoms with van der Waals surface area (Å²) >= 11 is 0. The van der Waals surface area contributed by atoms with Crippen molar-refractivity contribution in [2.75, 3.05) is 12.1 Å². The van der Waals surface area contributed by atoms with Crippen molar-refractivity contribution >= 4 is 11.7 Å². The highest BCUT2D eigenvalue weighted by molar-refractivity contribution is 5.95. The van der Waals surface area contributed by atoms with Crippen LogP contribution in [0.2, 0.25) is 0 Å². The Morgan fingerprint density at radius 2 is 2.00 bits per heavy atom. The van der Waals surface area contributed by atoms with E-state index in [-0.39, 0.29) is 18.6 Å². The maximum atomic E-state index is 12.4. The van der Waals surface area contributed by atoms with Crippen molar-refractivity contribution in [3.8, 4) is 17.4 Å². The van der Waals surface area contributed by atoms with Crippen molar-refractivity contribution in [2.45, 2.75) is 19.3 Å². The van der Waals surface area contributed by atoms with Gasteiger partial charge in [-0.25, -0.2) is 9.97 Å². The third-order valence-electron chi connectivity index (χ3n) is 4.64. The van der Waals surface area contributed by atoms with Crippen LogP contribution in [-0.2, 0) is 4.79 Å². The van der Waals surface area contributed by atoms with Crippen molar-refractivity contribution in [1.29, 1.82) is 0 Å². The fourth-order valence-corrected chi connectivity index (χ4v) is 3.51. The molecule has 3 aromatic rings. The second kappa shape index (κ2) is 5.55. The summed E-state index contributed by atoms with van der Waals surface area (Å²) in [6.45, 7) is 2.15. The molecule has 1 atom stereocenters. The quantitative estimate of drug-likeness (QED) is 0.762. The number of carbonyl (C=O) groups is 1. The van der Waals surface area contributed by atoms with E-state index in [1.807, 2.05) is 25.1 Å². The van der Waals surface area contributed by atoms with Gasteiger partial charge in [0.1, 0.15) is 5.82 Å². The van der Waals surface area contributed by atoms with Crippen molar-refractivity contribution in [3.05, 3.63) is 53.5 Å². The predicted molar refractivity (Wildman–Crippen MR) is 91.5 cm³/mol. The van der Waals surface area contributed by atoms with Gasteiger partial charge in [0, 0.05) is 30.3 Å². The molecule has 1 aromatic carbocycles. The maximum absolute atomic E-state index is 12.4. The summed E-state index contributed by atoms with van der Waals surface area (Å²) in [7, 11) is 0. The van der Waals surface area contributed by atoms with E-state index in [2.05, 4.69) is 20.4 Å². The molecule has 2 aliphatic rings. The Hall–Kier alpha value is -3.42. The third-order valence-corrected chi connectivity index (χ3v) is 4.64. The normalized spacial score (nSPS) is 17.7. The van der Waals surface area contributed by atoms with E-state index >= 15 is 0 Å². The van der Waals surface area contributed by atoms with Crippen LogP contribution < -0.4 is 14.8 Å². The van der Waals surface area contributed by atoms with E-state index in [9.17, 15) is 4.79 Å². The Balaban J connectivity index is 1.65. The molecule has 0 bridgehead atoms. The first kappa shape index (κ1) is 14.9. The molecule has 0 radical (unpaired) electrons. The molecule has 2 aromatic heterocycles. The van der Waals surface area contributed by atoms with Gasteiger partial charge in [-0.05, 0) is 30.7 Å². The van der Waals surface area contributed by atoms with E-state index in [1.54, 1.807) is 23.1 Å². The number of fused-ring (bicyclic) bond motifs is 2. The Kier molecular flexibility index (Phi) is 3.18. The lowest BCUT2D eigenvalue weighted by Gasteiger charge is -2.24. The van der Waals surface area contributed by atoms with Gasteiger partial charge in [-0.3, -0.25) is 4.79 Å². The zero-order valence-corrected chi connectivity index (χ0v) is 14.0. The van der Waals surface area contributed by atoms with Gasteiger partial charge >= 0.3 is 0 Å². The Morgan fingerprint density at radius 1 is 1.19 bits per heavy atom. The van der Waals surface area contributed by atoms with Gasteiger partial charge in [-0.2, -0.15) is 9.78 Å². The smallest absolute Gasteiger partial charge is 0.252 e. The van der Waals surface area contributed by atoms with Gasteiger partial charge in [-0.15, -0.1) is 0 Å². The fraction of sp³-hybridized carbons (Fsp3) is 0.222. The first-order chi connectivity index (χ1) is 12.7. The number of benzene rings is 1. The summed E-state index contributed by atoms with van der Waals surface area (Å²) in [5.41, 5.74) is 2.79. The lowest BCUT2D eigenvalue weighted by atomic mass is 9.85. The molecule has 26 heavy (non-hydrogen) atoms. The topological polar surface area (TPSA) is 91.2 Å². The molecule has 8 heteroatoms. The molecule has 4 heterocycles. The number of aromatic nitrogens is 4. The van der Waals surface area contributed by atoms with Crippen molar-refractivity contribution in [2.24, 2.45) is 0 Å². The zero-order chi connectivity index (χ0) is 17.7. The fourth-order valence-electron chi connectivity index (χ4n) is 3.51. The molecule has 0 saturated carbocycles. The minimum atomic E-state index is -0.120. The third kappa shape index (κ3) is 2.22. The second-order valence-corrected chi connectivity index (χ2v) is 6.23. The van der Waals surface area contributed by atoms with E-state index in [4.69, 9.17) is 9.47 Å². The standard InChI is InChI=1S/C18H15N5O3/c1-10-16-12(11-3-4-13-14(7-11)26-9-25-13)8-15(24)21-17(16)23(22-10)18-19-5-2-6-20-18/h2-7,12H,8-9H2,1H3,(H,21,24)/t12-/m0/s1.